The first-order chi connectivity index (χ1) is 10.1. The first-order valence-electron chi connectivity index (χ1n) is 7.62. The molecule has 1 atom stereocenters. The zero-order valence-electron chi connectivity index (χ0n) is 13.5. The summed E-state index contributed by atoms with van der Waals surface area (Å²) in [4.78, 5) is 23.3. The fraction of sp³-hybridized carbons (Fsp3) is 0.857. The van der Waals surface area contributed by atoms with Crippen molar-refractivity contribution in [2.75, 3.05) is 18.8 Å². The fourth-order valence-corrected chi connectivity index (χ4v) is 4.16. The highest BCUT2D eigenvalue weighted by Crippen LogP contribution is 2.23. The van der Waals surface area contributed by atoms with Crippen LogP contribution in [0.4, 0.5) is 0 Å². The molecule has 0 spiro atoms. The van der Waals surface area contributed by atoms with Gasteiger partial charge in [-0.15, -0.1) is 0 Å². The first kappa shape index (κ1) is 18.9. The van der Waals surface area contributed by atoms with Crippen LogP contribution in [0.3, 0.4) is 0 Å². The van der Waals surface area contributed by atoms with Crippen LogP contribution in [0.25, 0.3) is 0 Å². The molecule has 8 heteroatoms. The summed E-state index contributed by atoms with van der Waals surface area (Å²) in [6, 6.07) is -0.716. The standard InChI is InChI=1S/C14H26N2O5S/c1-4-5-9-22(20,21)16-8-6-7-11(16)12(17)15-10-14(2,3)13(18)19/h11H,4-10H2,1-3H3,(H,15,17)(H,18,19). The molecule has 1 saturated heterocycles. The van der Waals surface area contributed by atoms with Crippen LogP contribution in [-0.4, -0.2) is 54.6 Å². The summed E-state index contributed by atoms with van der Waals surface area (Å²) in [6.45, 7) is 5.27. The molecule has 1 fully saturated rings. The van der Waals surface area contributed by atoms with E-state index in [1.807, 2.05) is 6.92 Å². The average molecular weight is 334 g/mol. The monoisotopic (exact) mass is 334 g/mol. The number of aliphatic carboxylic acids is 1. The van der Waals surface area contributed by atoms with Gasteiger partial charge in [0.25, 0.3) is 0 Å². The summed E-state index contributed by atoms with van der Waals surface area (Å²) in [6.07, 6.45) is 2.46. The largest absolute Gasteiger partial charge is 0.481 e. The van der Waals surface area contributed by atoms with Crippen LogP contribution in [0.5, 0.6) is 0 Å². The zero-order chi connectivity index (χ0) is 17.0. The van der Waals surface area contributed by atoms with Crippen molar-refractivity contribution in [3.63, 3.8) is 0 Å². The van der Waals surface area contributed by atoms with Gasteiger partial charge in [0.15, 0.2) is 0 Å². The van der Waals surface area contributed by atoms with Gasteiger partial charge in [0.05, 0.1) is 11.2 Å². The van der Waals surface area contributed by atoms with Gasteiger partial charge in [-0.25, -0.2) is 8.42 Å². The number of nitrogens with zero attached hydrogens (tertiary/aromatic N) is 1. The van der Waals surface area contributed by atoms with Crippen molar-refractivity contribution in [3.8, 4) is 0 Å². The highest BCUT2D eigenvalue weighted by atomic mass is 32.2. The highest BCUT2D eigenvalue weighted by molar-refractivity contribution is 7.89. The van der Waals surface area contributed by atoms with Gasteiger partial charge >= 0.3 is 5.97 Å². The highest BCUT2D eigenvalue weighted by Gasteiger charge is 2.39. The molecule has 0 saturated carbocycles. The number of hydrogen-bond acceptors (Lipinski definition) is 4. The topological polar surface area (TPSA) is 104 Å². The van der Waals surface area contributed by atoms with Crippen molar-refractivity contribution in [2.45, 2.75) is 52.5 Å². The normalized spacial score (nSPS) is 20.0. The number of unbranched alkanes of at least 4 members (excludes halogenated alkanes) is 1. The molecule has 0 bridgehead atoms. The van der Waals surface area contributed by atoms with Crippen molar-refractivity contribution in [1.29, 1.82) is 0 Å². The summed E-state index contributed by atoms with van der Waals surface area (Å²) in [5.74, 6) is -1.37. The number of nitrogens with one attached hydrogen (secondary N) is 1. The van der Waals surface area contributed by atoms with Crippen molar-refractivity contribution in [1.82, 2.24) is 9.62 Å². The quantitative estimate of drug-likeness (QED) is 0.683. The van der Waals surface area contributed by atoms with Gasteiger partial charge in [-0.1, -0.05) is 13.3 Å². The molecule has 0 aliphatic carbocycles. The van der Waals surface area contributed by atoms with Crippen molar-refractivity contribution >= 4 is 21.9 Å². The van der Waals surface area contributed by atoms with Crippen LogP contribution in [-0.2, 0) is 19.6 Å². The second-order valence-corrected chi connectivity index (χ2v) is 8.39. The van der Waals surface area contributed by atoms with E-state index in [9.17, 15) is 18.0 Å². The van der Waals surface area contributed by atoms with Crippen LogP contribution < -0.4 is 5.32 Å². The minimum atomic E-state index is -3.43. The van der Waals surface area contributed by atoms with Gasteiger partial charge in [-0.3, -0.25) is 9.59 Å². The Bertz CT molecular complexity index is 515. The van der Waals surface area contributed by atoms with E-state index >= 15 is 0 Å². The first-order valence-corrected chi connectivity index (χ1v) is 9.23. The van der Waals surface area contributed by atoms with Gasteiger partial charge in [-0.05, 0) is 33.1 Å². The van der Waals surface area contributed by atoms with Gasteiger partial charge in [-0.2, -0.15) is 4.31 Å². The fourth-order valence-electron chi connectivity index (χ4n) is 2.28. The minimum absolute atomic E-state index is 0.0273. The summed E-state index contributed by atoms with van der Waals surface area (Å²) in [7, 11) is -3.43. The molecule has 1 aliphatic rings. The molecule has 0 radical (unpaired) electrons. The summed E-state index contributed by atoms with van der Waals surface area (Å²) >= 11 is 0. The molecule has 7 nitrogen and oxygen atoms in total. The molecule has 22 heavy (non-hydrogen) atoms. The molecule has 0 aromatic heterocycles. The third-order valence-corrected chi connectivity index (χ3v) is 5.86. The lowest BCUT2D eigenvalue weighted by Crippen LogP contribution is -2.49. The summed E-state index contributed by atoms with van der Waals surface area (Å²) in [5, 5.41) is 11.6. The Kier molecular flexibility index (Phi) is 6.37. The molecule has 1 heterocycles. The Morgan fingerprint density at radius 2 is 2.00 bits per heavy atom. The maximum Gasteiger partial charge on any atom is 0.310 e. The van der Waals surface area contributed by atoms with Crippen molar-refractivity contribution < 1.29 is 23.1 Å². The molecule has 1 aliphatic heterocycles. The van der Waals surface area contributed by atoms with Crippen molar-refractivity contribution in [2.24, 2.45) is 5.41 Å². The second kappa shape index (κ2) is 7.41. The lowest BCUT2D eigenvalue weighted by molar-refractivity contribution is -0.146. The number of sulfonamides is 1. The lowest BCUT2D eigenvalue weighted by atomic mass is 9.94. The number of hydrogen-bond donors (Lipinski definition) is 2. The van der Waals surface area contributed by atoms with Gasteiger partial charge in [0, 0.05) is 13.1 Å². The average Bonchev–Trinajstić information content (AvgIpc) is 2.92. The zero-order valence-corrected chi connectivity index (χ0v) is 14.3. The van der Waals surface area contributed by atoms with Gasteiger partial charge in [0.1, 0.15) is 6.04 Å². The van der Waals surface area contributed by atoms with E-state index in [4.69, 9.17) is 5.11 Å². The smallest absolute Gasteiger partial charge is 0.310 e. The van der Waals surface area contributed by atoms with E-state index in [1.165, 1.54) is 18.2 Å². The number of carboxylic acids is 1. The molecule has 1 unspecified atom stereocenters. The van der Waals surface area contributed by atoms with E-state index in [0.29, 0.717) is 25.8 Å². The predicted molar refractivity (Wildman–Crippen MR) is 82.8 cm³/mol. The maximum atomic E-state index is 12.3. The van der Waals surface area contributed by atoms with Crippen LogP contribution in [0.1, 0.15) is 46.5 Å². The number of carbonyl (C=O) groups excluding carboxylic acids is 1. The van der Waals surface area contributed by atoms with E-state index in [1.54, 1.807) is 0 Å². The van der Waals surface area contributed by atoms with Crippen LogP contribution >= 0.6 is 0 Å². The minimum Gasteiger partial charge on any atom is -0.481 e. The van der Waals surface area contributed by atoms with Gasteiger partial charge in [0.2, 0.25) is 15.9 Å². The van der Waals surface area contributed by atoms with E-state index in [2.05, 4.69) is 5.32 Å². The summed E-state index contributed by atoms with van der Waals surface area (Å²) < 4.78 is 25.8. The molecule has 0 aromatic rings. The van der Waals surface area contributed by atoms with Gasteiger partial charge < -0.3 is 10.4 Å². The summed E-state index contributed by atoms with van der Waals surface area (Å²) in [5.41, 5.74) is -1.08. The third kappa shape index (κ3) is 4.67. The van der Waals surface area contributed by atoms with E-state index in [0.717, 1.165) is 6.42 Å². The Balaban J connectivity index is 2.70. The van der Waals surface area contributed by atoms with Crippen molar-refractivity contribution in [3.05, 3.63) is 0 Å². The molecule has 0 aromatic carbocycles. The maximum absolute atomic E-state index is 12.3. The molecule has 1 amide bonds. The molecular formula is C14H26N2O5S. The van der Waals surface area contributed by atoms with E-state index in [-0.39, 0.29) is 12.3 Å². The number of carbonyl (C=O) groups is 2. The van der Waals surface area contributed by atoms with Crippen LogP contribution in [0.15, 0.2) is 0 Å². The second-order valence-electron chi connectivity index (χ2n) is 6.35. The molecule has 2 N–H and O–H groups in total. The van der Waals surface area contributed by atoms with Crippen LogP contribution in [0.2, 0.25) is 0 Å². The van der Waals surface area contributed by atoms with Crippen LogP contribution in [0, 0.1) is 5.41 Å². The Morgan fingerprint density at radius 1 is 1.36 bits per heavy atom. The Labute approximate surface area is 132 Å². The molecular weight excluding hydrogens is 308 g/mol. The number of rotatable bonds is 8. The third-order valence-electron chi connectivity index (χ3n) is 3.90. The lowest BCUT2D eigenvalue weighted by Gasteiger charge is -2.25. The Hall–Kier alpha value is -1.15. The molecule has 1 rings (SSSR count). The number of amides is 1. The predicted octanol–water partition coefficient (Wildman–Crippen LogP) is 0.808. The SMILES string of the molecule is CCCCS(=O)(=O)N1CCCC1C(=O)NCC(C)(C)C(=O)O. The molecule has 128 valence electrons. The number of carboxylic acid groups (broad SMARTS) is 1. The Morgan fingerprint density at radius 3 is 2.55 bits per heavy atom. The van der Waals surface area contributed by atoms with E-state index < -0.39 is 33.4 Å².